The Kier molecular flexibility index (Phi) is 9.90. The van der Waals surface area contributed by atoms with Gasteiger partial charge in [0.25, 0.3) is 0 Å². The molecule has 1 saturated heterocycles. The molecule has 5 nitrogen and oxygen atoms in total. The molecule has 0 aromatic heterocycles. The summed E-state index contributed by atoms with van der Waals surface area (Å²) >= 11 is 1.43. The second kappa shape index (κ2) is 12.4. The molecule has 176 valence electrons. The Bertz CT molecular complexity index is 933. The summed E-state index contributed by atoms with van der Waals surface area (Å²) in [6, 6.07) is 14.1. The van der Waals surface area contributed by atoms with Crippen LogP contribution >= 0.6 is 23.5 Å². The Morgan fingerprint density at radius 3 is 2.53 bits per heavy atom. The molecule has 1 fully saturated rings. The van der Waals surface area contributed by atoms with Gasteiger partial charge in [-0.25, -0.2) is 0 Å². The first-order valence-electron chi connectivity index (χ1n) is 10.1. The molecular formula is C21H26F3N3O2S3. The minimum atomic E-state index is -4.47. The fourth-order valence-corrected chi connectivity index (χ4v) is 5.43. The predicted molar refractivity (Wildman–Crippen MR) is 125 cm³/mol. The quantitative estimate of drug-likeness (QED) is 0.290. The van der Waals surface area contributed by atoms with E-state index in [1.54, 1.807) is 11.8 Å². The minimum absolute atomic E-state index is 0.0325. The van der Waals surface area contributed by atoms with Crippen molar-refractivity contribution in [1.82, 2.24) is 4.90 Å². The number of ether oxygens (including phenoxy) is 1. The molecule has 0 unspecified atom stereocenters. The fraction of sp³-hybridized carbons (Fsp3) is 0.429. The molecule has 3 N–H and O–H groups in total. The van der Waals surface area contributed by atoms with E-state index in [2.05, 4.69) is 10.2 Å². The topological polar surface area (TPSA) is 70.4 Å². The van der Waals surface area contributed by atoms with Gasteiger partial charge in [-0.05, 0) is 0 Å². The Balaban J connectivity index is 1.76. The SMILES string of the molecule is N[S-](#[O+])c1ccc(N[C@H](CCN2CCOCC2)CSc2ccccc2)c(SC(F)(F)F)c1. The van der Waals surface area contributed by atoms with Gasteiger partial charge in [0.1, 0.15) is 0 Å². The number of rotatable bonds is 9. The summed E-state index contributed by atoms with van der Waals surface area (Å²) in [5.74, 6) is 0.690. The first kappa shape index (κ1) is 25.5. The maximum absolute atomic E-state index is 13.2. The predicted octanol–water partition coefficient (Wildman–Crippen LogP) is 4.79. The summed E-state index contributed by atoms with van der Waals surface area (Å²) < 4.78 is 56.5. The zero-order valence-corrected chi connectivity index (χ0v) is 19.8. The van der Waals surface area contributed by atoms with E-state index in [0.29, 0.717) is 24.7 Å². The van der Waals surface area contributed by atoms with Gasteiger partial charge >= 0.3 is 186 Å². The van der Waals surface area contributed by atoms with Crippen molar-refractivity contribution in [2.45, 2.75) is 32.7 Å². The Morgan fingerprint density at radius 1 is 1.16 bits per heavy atom. The molecule has 0 bridgehead atoms. The molecule has 1 atom stereocenters. The van der Waals surface area contributed by atoms with Crippen molar-refractivity contribution >= 4 is 40.0 Å². The van der Waals surface area contributed by atoms with E-state index in [1.807, 2.05) is 30.3 Å². The van der Waals surface area contributed by atoms with Gasteiger partial charge in [0.2, 0.25) is 0 Å². The van der Waals surface area contributed by atoms with E-state index in [9.17, 15) is 17.2 Å². The number of thioether (sulfide) groups is 2. The zero-order valence-electron chi connectivity index (χ0n) is 17.3. The molecule has 0 radical (unpaired) electrons. The normalized spacial score (nSPS) is 16.2. The van der Waals surface area contributed by atoms with Gasteiger partial charge in [-0.1, -0.05) is 6.07 Å². The molecule has 11 heteroatoms. The number of hydrogen-bond donors (Lipinski definition) is 2. The first-order valence-corrected chi connectivity index (χ1v) is 13.1. The third kappa shape index (κ3) is 8.69. The fourth-order valence-electron chi connectivity index (χ4n) is 3.25. The van der Waals surface area contributed by atoms with Crippen LogP contribution in [0.25, 0.3) is 0 Å². The van der Waals surface area contributed by atoms with Crippen molar-refractivity contribution in [3.8, 4) is 0 Å². The molecule has 0 saturated carbocycles. The van der Waals surface area contributed by atoms with Gasteiger partial charge in [-0.3, -0.25) is 0 Å². The third-order valence-corrected chi connectivity index (χ3v) is 7.54. The number of nitrogens with two attached hydrogens (primary N) is 1. The van der Waals surface area contributed by atoms with Crippen molar-refractivity contribution in [2.24, 2.45) is 5.14 Å². The molecule has 2 aromatic rings. The molecule has 3 rings (SSSR count). The van der Waals surface area contributed by atoms with Crippen LogP contribution in [0, 0.1) is 0 Å². The Labute approximate surface area is 196 Å². The third-order valence-electron chi connectivity index (χ3n) is 4.86. The van der Waals surface area contributed by atoms with Crippen LogP contribution in [0.2, 0.25) is 0 Å². The Morgan fingerprint density at radius 2 is 1.88 bits per heavy atom. The van der Waals surface area contributed by atoms with E-state index in [0.717, 1.165) is 31.0 Å². The van der Waals surface area contributed by atoms with Crippen molar-refractivity contribution in [1.29, 1.82) is 0 Å². The average molecular weight is 506 g/mol. The van der Waals surface area contributed by atoms with Crippen LogP contribution < -0.4 is 10.5 Å². The average Bonchev–Trinajstić information content (AvgIpc) is 2.77. The summed E-state index contributed by atoms with van der Waals surface area (Å²) in [6.45, 7) is 3.92. The van der Waals surface area contributed by atoms with Crippen LogP contribution in [-0.4, -0.2) is 55.1 Å². The van der Waals surface area contributed by atoms with Crippen molar-refractivity contribution < 1.29 is 22.0 Å². The van der Waals surface area contributed by atoms with E-state index in [4.69, 9.17) is 9.88 Å². The standard InChI is InChI=1S/C21H26F3N3O2S3/c22-21(23,24)31-20-14-18(32(25)28)6-7-19(20)26-16(8-9-27-10-12-29-13-11-27)15-30-17-4-2-1-3-5-17/h1-7,14,16,26H,8-13,15,25H2/t16-/m1/s1. The number of anilines is 1. The van der Waals surface area contributed by atoms with E-state index in [-0.39, 0.29) is 27.6 Å². The molecular weight excluding hydrogens is 479 g/mol. The van der Waals surface area contributed by atoms with Gasteiger partial charge in [-0.2, -0.15) is 0 Å². The van der Waals surface area contributed by atoms with Crippen LogP contribution in [0.5, 0.6) is 0 Å². The van der Waals surface area contributed by atoms with Gasteiger partial charge in [-0.15, -0.1) is 0 Å². The number of alkyl halides is 3. The van der Waals surface area contributed by atoms with Gasteiger partial charge < -0.3 is 4.74 Å². The van der Waals surface area contributed by atoms with Gasteiger partial charge in [0, 0.05) is 0 Å². The number of nitrogens with one attached hydrogen (secondary N) is 1. The zero-order chi connectivity index (χ0) is 23.0. The van der Waals surface area contributed by atoms with Crippen molar-refractivity contribution in [3.63, 3.8) is 0 Å². The van der Waals surface area contributed by atoms with Gasteiger partial charge in [0.05, 0.1) is 0 Å². The molecule has 32 heavy (non-hydrogen) atoms. The number of nitrogens with zero attached hydrogens (tertiary/aromatic N) is 1. The molecule has 1 aliphatic heterocycles. The Hall–Kier alpha value is -1.08. The van der Waals surface area contributed by atoms with Crippen LogP contribution in [0.4, 0.5) is 18.9 Å². The van der Waals surface area contributed by atoms with E-state index >= 15 is 0 Å². The summed E-state index contributed by atoms with van der Waals surface area (Å²) in [4.78, 5) is 3.53. The number of halogens is 3. The number of morpholine rings is 1. The van der Waals surface area contributed by atoms with Gasteiger partial charge in [0.15, 0.2) is 0 Å². The monoisotopic (exact) mass is 505 g/mol. The van der Waals surface area contributed by atoms with Crippen LogP contribution in [0.1, 0.15) is 6.42 Å². The van der Waals surface area contributed by atoms with Crippen LogP contribution in [-0.2, 0) is 19.6 Å². The molecule has 0 spiro atoms. The molecule has 0 aliphatic carbocycles. The van der Waals surface area contributed by atoms with E-state index < -0.39 is 16.3 Å². The van der Waals surface area contributed by atoms with E-state index in [1.165, 1.54) is 18.2 Å². The molecule has 1 heterocycles. The van der Waals surface area contributed by atoms with Crippen molar-refractivity contribution in [2.75, 3.05) is 43.9 Å². The van der Waals surface area contributed by atoms with Crippen LogP contribution in [0.15, 0.2) is 63.2 Å². The summed E-state index contributed by atoms with van der Waals surface area (Å²) in [5, 5.41) is 8.69. The second-order valence-electron chi connectivity index (χ2n) is 7.21. The number of hydrogen-bond acceptors (Lipinski definition) is 7. The summed E-state index contributed by atoms with van der Waals surface area (Å²) in [7, 11) is -1.85. The van der Waals surface area contributed by atoms with Crippen molar-refractivity contribution in [3.05, 3.63) is 48.5 Å². The molecule has 0 amide bonds. The first-order chi connectivity index (χ1) is 15.3. The van der Waals surface area contributed by atoms with Crippen LogP contribution in [0.3, 0.4) is 0 Å². The summed E-state index contributed by atoms with van der Waals surface area (Å²) in [5.41, 5.74) is -4.10. The maximum atomic E-state index is 13.2. The second-order valence-corrected chi connectivity index (χ2v) is 10.5. The molecule has 1 aliphatic rings. The number of benzene rings is 2. The summed E-state index contributed by atoms with van der Waals surface area (Å²) in [6.07, 6.45) is 0.764. The molecule has 2 aromatic carbocycles.